The molecule has 0 saturated carbocycles. The number of pyridine rings is 1. The number of methoxy groups -OCH3 is 1. The molecule has 7 nitrogen and oxygen atoms in total. The number of hydrogen-bond donors (Lipinski definition) is 0. The lowest BCUT2D eigenvalue weighted by atomic mass is 10.1. The van der Waals surface area contributed by atoms with Gasteiger partial charge < -0.3 is 4.74 Å². The van der Waals surface area contributed by atoms with Crippen molar-refractivity contribution in [3.63, 3.8) is 0 Å². The van der Waals surface area contributed by atoms with E-state index in [1.165, 1.54) is 31.6 Å². The largest absolute Gasteiger partial charge is 0.479 e. The Balaban J connectivity index is 1.76. The molecule has 4 aromatic rings. The maximum absolute atomic E-state index is 14.2. The molecule has 160 valence electrons. The van der Waals surface area contributed by atoms with E-state index in [2.05, 4.69) is 15.2 Å². The van der Waals surface area contributed by atoms with Crippen molar-refractivity contribution in [3.05, 3.63) is 75.8 Å². The number of fused-ring (bicyclic) bond motifs is 1. The average Bonchev–Trinajstić information content (AvgIpc) is 3.22. The number of ether oxygens (including phenoxy) is 1. The molecule has 12 heteroatoms. The molecular formula is C19H13F4N5O2S. The van der Waals surface area contributed by atoms with Crippen LogP contribution in [0.4, 0.5) is 17.6 Å². The number of nitrogens with zero attached hydrogens (tertiary/aromatic N) is 5. The number of thioether (sulfide) groups is 1. The molecule has 0 aliphatic heterocycles. The summed E-state index contributed by atoms with van der Waals surface area (Å²) in [6.45, 7) is 0. The second-order valence-corrected chi connectivity index (χ2v) is 7.20. The molecule has 0 fully saturated rings. The Morgan fingerprint density at radius 2 is 1.97 bits per heavy atom. The van der Waals surface area contributed by atoms with Gasteiger partial charge in [0.2, 0.25) is 5.88 Å². The molecule has 0 amide bonds. The van der Waals surface area contributed by atoms with Gasteiger partial charge in [0.25, 0.3) is 12.0 Å². The van der Waals surface area contributed by atoms with Gasteiger partial charge in [0.05, 0.1) is 25.2 Å². The van der Waals surface area contributed by atoms with Gasteiger partial charge in [0.1, 0.15) is 5.82 Å². The van der Waals surface area contributed by atoms with Gasteiger partial charge >= 0.3 is 0 Å². The molecule has 0 aliphatic rings. The third-order valence-electron chi connectivity index (χ3n) is 4.35. The summed E-state index contributed by atoms with van der Waals surface area (Å²) in [4.78, 5) is 16.8. The van der Waals surface area contributed by atoms with Gasteiger partial charge in [0.15, 0.2) is 16.5 Å². The summed E-state index contributed by atoms with van der Waals surface area (Å²) in [5.74, 6) is -1.87. The van der Waals surface area contributed by atoms with Crippen LogP contribution in [0, 0.1) is 11.6 Å². The van der Waals surface area contributed by atoms with E-state index in [0.29, 0.717) is 0 Å². The Labute approximate surface area is 176 Å². The van der Waals surface area contributed by atoms with Crippen molar-refractivity contribution < 1.29 is 22.3 Å². The summed E-state index contributed by atoms with van der Waals surface area (Å²) in [6, 6.07) is 5.64. The van der Waals surface area contributed by atoms with Gasteiger partial charge in [0, 0.05) is 17.4 Å². The minimum atomic E-state index is -2.79. The molecule has 0 atom stereocenters. The van der Waals surface area contributed by atoms with E-state index >= 15 is 0 Å². The van der Waals surface area contributed by atoms with Crippen LogP contribution in [0.25, 0.3) is 11.2 Å². The van der Waals surface area contributed by atoms with E-state index in [0.717, 1.165) is 39.2 Å². The molecule has 0 saturated heterocycles. The van der Waals surface area contributed by atoms with Gasteiger partial charge in [-0.3, -0.25) is 9.36 Å². The summed E-state index contributed by atoms with van der Waals surface area (Å²) < 4.78 is 60.9. The lowest BCUT2D eigenvalue weighted by Gasteiger charge is -2.13. The Hall–Kier alpha value is -3.41. The highest BCUT2D eigenvalue weighted by Crippen LogP contribution is 2.27. The Morgan fingerprint density at radius 3 is 2.65 bits per heavy atom. The summed E-state index contributed by atoms with van der Waals surface area (Å²) in [7, 11) is 1.26. The van der Waals surface area contributed by atoms with Crippen LogP contribution >= 0.6 is 11.8 Å². The van der Waals surface area contributed by atoms with Crippen LogP contribution in [-0.2, 0) is 5.75 Å². The highest BCUT2D eigenvalue weighted by atomic mass is 32.2. The quantitative estimate of drug-likeness (QED) is 0.328. The third-order valence-corrected chi connectivity index (χ3v) is 5.33. The SMILES string of the molecule is COc1ncc(-n2c(SCc3ccc(C(F)F)cc3F)nn3nccc3c2=O)cc1F. The predicted molar refractivity (Wildman–Crippen MR) is 104 cm³/mol. The summed E-state index contributed by atoms with van der Waals surface area (Å²) in [6.07, 6.45) is -0.180. The van der Waals surface area contributed by atoms with Crippen molar-refractivity contribution in [2.45, 2.75) is 17.3 Å². The zero-order valence-electron chi connectivity index (χ0n) is 15.8. The maximum atomic E-state index is 14.2. The molecule has 0 aliphatic carbocycles. The van der Waals surface area contributed by atoms with Crippen LogP contribution in [0.3, 0.4) is 0 Å². The molecule has 3 aromatic heterocycles. The molecule has 3 heterocycles. The van der Waals surface area contributed by atoms with Gasteiger partial charge in [-0.25, -0.2) is 22.5 Å². The fourth-order valence-corrected chi connectivity index (χ4v) is 3.80. The number of halogens is 4. The van der Waals surface area contributed by atoms with Gasteiger partial charge in [-0.15, -0.1) is 9.73 Å². The number of rotatable bonds is 6. The van der Waals surface area contributed by atoms with Crippen LogP contribution in [0.15, 0.2) is 52.7 Å². The number of alkyl halides is 2. The first kappa shape index (κ1) is 20.8. The Morgan fingerprint density at radius 1 is 1.16 bits per heavy atom. The van der Waals surface area contributed by atoms with Crippen molar-refractivity contribution in [1.29, 1.82) is 0 Å². The normalized spacial score (nSPS) is 11.4. The first-order valence-electron chi connectivity index (χ1n) is 8.75. The van der Waals surface area contributed by atoms with Crippen LogP contribution in [0.1, 0.15) is 17.6 Å². The molecule has 0 unspecified atom stereocenters. The second kappa shape index (κ2) is 8.38. The number of hydrogen-bond acceptors (Lipinski definition) is 6. The summed E-state index contributed by atoms with van der Waals surface area (Å²) in [5.41, 5.74) is -0.632. The fourth-order valence-electron chi connectivity index (χ4n) is 2.83. The third kappa shape index (κ3) is 3.98. The molecule has 0 spiro atoms. The molecule has 31 heavy (non-hydrogen) atoms. The van der Waals surface area contributed by atoms with Crippen LogP contribution in [-0.4, -0.2) is 31.5 Å². The lowest BCUT2D eigenvalue weighted by Crippen LogP contribution is -2.24. The van der Waals surface area contributed by atoms with Crippen molar-refractivity contribution in [2.75, 3.05) is 7.11 Å². The molecule has 1 aromatic carbocycles. The lowest BCUT2D eigenvalue weighted by molar-refractivity contribution is 0.151. The van der Waals surface area contributed by atoms with Crippen molar-refractivity contribution >= 4 is 17.3 Å². The Kier molecular flexibility index (Phi) is 5.63. The maximum Gasteiger partial charge on any atom is 0.285 e. The van der Waals surface area contributed by atoms with E-state index in [-0.39, 0.29) is 33.6 Å². The Bertz CT molecular complexity index is 1320. The summed E-state index contributed by atoms with van der Waals surface area (Å²) in [5, 5.41) is 8.25. The predicted octanol–water partition coefficient (Wildman–Crippen LogP) is 3.79. The van der Waals surface area contributed by atoms with E-state index in [4.69, 9.17) is 4.74 Å². The van der Waals surface area contributed by atoms with E-state index in [1.54, 1.807) is 0 Å². The van der Waals surface area contributed by atoms with E-state index in [1.807, 2.05) is 0 Å². The van der Waals surface area contributed by atoms with Gasteiger partial charge in [-0.05, 0) is 17.7 Å². The molecule has 0 radical (unpaired) electrons. The smallest absolute Gasteiger partial charge is 0.285 e. The van der Waals surface area contributed by atoms with E-state index < -0.39 is 29.2 Å². The van der Waals surface area contributed by atoms with Crippen molar-refractivity contribution in [2.24, 2.45) is 0 Å². The number of benzene rings is 1. The molecule has 0 N–H and O–H groups in total. The minimum Gasteiger partial charge on any atom is -0.479 e. The minimum absolute atomic E-state index is 0.0272. The van der Waals surface area contributed by atoms with Gasteiger partial charge in [-0.1, -0.05) is 23.9 Å². The highest BCUT2D eigenvalue weighted by molar-refractivity contribution is 7.98. The fraction of sp³-hybridized carbons (Fsp3) is 0.158. The second-order valence-electron chi connectivity index (χ2n) is 6.25. The van der Waals surface area contributed by atoms with Crippen LogP contribution in [0.2, 0.25) is 0 Å². The van der Waals surface area contributed by atoms with Crippen molar-refractivity contribution in [3.8, 4) is 11.6 Å². The zero-order valence-corrected chi connectivity index (χ0v) is 16.6. The van der Waals surface area contributed by atoms with Crippen LogP contribution < -0.4 is 10.3 Å². The number of aromatic nitrogens is 5. The monoisotopic (exact) mass is 451 g/mol. The van der Waals surface area contributed by atoms with Crippen molar-refractivity contribution in [1.82, 2.24) is 24.4 Å². The molecular weight excluding hydrogens is 438 g/mol. The average molecular weight is 451 g/mol. The highest BCUT2D eigenvalue weighted by Gasteiger charge is 2.18. The standard InChI is InChI=1S/C19H13F4N5O2S/c1-30-17-14(21)7-12(8-24-17)27-18(29)15-4-5-25-28(15)26-19(27)31-9-11-3-2-10(16(22)23)6-13(11)20/h2-8,16H,9H2,1H3. The summed E-state index contributed by atoms with van der Waals surface area (Å²) >= 11 is 0.954. The zero-order chi connectivity index (χ0) is 22.1. The first-order chi connectivity index (χ1) is 14.9. The van der Waals surface area contributed by atoms with Crippen LogP contribution in [0.5, 0.6) is 5.88 Å². The first-order valence-corrected chi connectivity index (χ1v) is 9.74. The topological polar surface area (TPSA) is 74.3 Å². The molecule has 4 rings (SSSR count). The van der Waals surface area contributed by atoms with E-state index in [9.17, 15) is 22.4 Å². The van der Waals surface area contributed by atoms with Gasteiger partial charge in [-0.2, -0.15) is 5.10 Å². The molecule has 0 bridgehead atoms.